The number of anilines is 1. The molecule has 0 atom stereocenters. The number of carbonyl (C=O) groups is 1. The average molecular weight is 280 g/mol. The topological polar surface area (TPSA) is 74.0 Å². The summed E-state index contributed by atoms with van der Waals surface area (Å²) in [6.07, 6.45) is 0. The van der Waals surface area contributed by atoms with E-state index in [2.05, 4.69) is 4.90 Å². The van der Waals surface area contributed by atoms with Crippen LogP contribution in [0.2, 0.25) is 0 Å². The third kappa shape index (κ3) is 3.85. The number of esters is 1. The fraction of sp³-hybridized carbons (Fsp3) is 0.500. The highest BCUT2D eigenvalue weighted by Crippen LogP contribution is 2.22. The maximum atomic E-state index is 12.0. The molecule has 1 aliphatic heterocycles. The number of methoxy groups -OCH3 is 1. The third-order valence-electron chi connectivity index (χ3n) is 3.19. The van der Waals surface area contributed by atoms with E-state index in [1.165, 1.54) is 7.11 Å². The van der Waals surface area contributed by atoms with Crippen molar-refractivity contribution in [3.63, 3.8) is 0 Å². The lowest BCUT2D eigenvalue weighted by Gasteiger charge is -2.26. The number of carbonyl (C=O) groups excluding carboxylic acids is 1. The maximum absolute atomic E-state index is 12.0. The van der Waals surface area contributed by atoms with Gasteiger partial charge in [-0.2, -0.15) is 0 Å². The standard InChI is InChI=1S/C14H20N2O4/c1-18-13-10-11(15)2-3-12(13)14(17)20-9-6-16-4-7-19-8-5-16/h2-3,10H,4-9,15H2,1H3. The second kappa shape index (κ2) is 7.12. The Balaban J connectivity index is 1.85. The first kappa shape index (κ1) is 14.6. The fourth-order valence-corrected chi connectivity index (χ4v) is 2.05. The van der Waals surface area contributed by atoms with E-state index in [-0.39, 0.29) is 0 Å². The van der Waals surface area contributed by atoms with E-state index in [0.717, 1.165) is 26.3 Å². The van der Waals surface area contributed by atoms with Crippen LogP contribution in [0.1, 0.15) is 10.4 Å². The fourth-order valence-electron chi connectivity index (χ4n) is 2.05. The zero-order valence-corrected chi connectivity index (χ0v) is 11.6. The maximum Gasteiger partial charge on any atom is 0.341 e. The molecule has 0 bridgehead atoms. The van der Waals surface area contributed by atoms with Gasteiger partial charge < -0.3 is 19.9 Å². The molecule has 0 aliphatic carbocycles. The first-order valence-corrected chi connectivity index (χ1v) is 6.61. The average Bonchev–Trinajstić information content (AvgIpc) is 2.48. The van der Waals surface area contributed by atoms with Crippen molar-refractivity contribution in [1.29, 1.82) is 0 Å². The number of benzene rings is 1. The predicted molar refractivity (Wildman–Crippen MR) is 74.9 cm³/mol. The first-order valence-electron chi connectivity index (χ1n) is 6.61. The predicted octanol–water partition coefficient (Wildman–Crippen LogP) is 0.766. The van der Waals surface area contributed by atoms with Gasteiger partial charge in [-0.1, -0.05) is 0 Å². The summed E-state index contributed by atoms with van der Waals surface area (Å²) < 4.78 is 15.7. The number of hydrogen-bond donors (Lipinski definition) is 1. The Labute approximate surface area is 118 Å². The van der Waals surface area contributed by atoms with E-state index < -0.39 is 5.97 Å². The lowest BCUT2D eigenvalue weighted by Crippen LogP contribution is -2.38. The molecule has 0 unspecified atom stereocenters. The number of nitrogens with two attached hydrogens (primary N) is 1. The van der Waals surface area contributed by atoms with E-state index in [4.69, 9.17) is 19.9 Å². The highest BCUT2D eigenvalue weighted by molar-refractivity contribution is 5.93. The molecule has 0 saturated carbocycles. The minimum atomic E-state index is -0.393. The zero-order chi connectivity index (χ0) is 14.4. The number of nitrogen functional groups attached to an aromatic ring is 1. The van der Waals surface area contributed by atoms with Crippen LogP contribution in [0.15, 0.2) is 18.2 Å². The van der Waals surface area contributed by atoms with Gasteiger partial charge in [0.05, 0.1) is 20.3 Å². The van der Waals surface area contributed by atoms with Gasteiger partial charge in [0, 0.05) is 31.4 Å². The van der Waals surface area contributed by atoms with Crippen molar-refractivity contribution in [3.05, 3.63) is 23.8 Å². The largest absolute Gasteiger partial charge is 0.496 e. The van der Waals surface area contributed by atoms with Crippen LogP contribution in [-0.4, -0.2) is 57.4 Å². The number of morpholine rings is 1. The van der Waals surface area contributed by atoms with Gasteiger partial charge in [-0.15, -0.1) is 0 Å². The van der Waals surface area contributed by atoms with E-state index >= 15 is 0 Å². The van der Waals surface area contributed by atoms with E-state index in [0.29, 0.717) is 30.2 Å². The molecule has 1 aliphatic rings. The monoisotopic (exact) mass is 280 g/mol. The minimum absolute atomic E-state index is 0.354. The van der Waals surface area contributed by atoms with Crippen molar-refractivity contribution in [2.75, 3.05) is 52.3 Å². The van der Waals surface area contributed by atoms with Crippen LogP contribution in [-0.2, 0) is 9.47 Å². The Bertz CT molecular complexity index is 458. The number of hydrogen-bond acceptors (Lipinski definition) is 6. The molecule has 1 heterocycles. The Morgan fingerprint density at radius 2 is 2.15 bits per heavy atom. The summed E-state index contributed by atoms with van der Waals surface area (Å²) >= 11 is 0. The molecular weight excluding hydrogens is 260 g/mol. The van der Waals surface area contributed by atoms with Crippen LogP contribution in [0, 0.1) is 0 Å². The molecule has 6 nitrogen and oxygen atoms in total. The molecule has 0 amide bonds. The highest BCUT2D eigenvalue weighted by Gasteiger charge is 2.15. The molecule has 110 valence electrons. The zero-order valence-electron chi connectivity index (χ0n) is 11.6. The second-order valence-corrected chi connectivity index (χ2v) is 4.55. The van der Waals surface area contributed by atoms with Crippen molar-refractivity contribution < 1.29 is 19.0 Å². The molecule has 1 saturated heterocycles. The highest BCUT2D eigenvalue weighted by atomic mass is 16.5. The van der Waals surface area contributed by atoms with Gasteiger partial charge in [-0.25, -0.2) is 4.79 Å². The van der Waals surface area contributed by atoms with Gasteiger partial charge >= 0.3 is 5.97 Å². The van der Waals surface area contributed by atoms with Crippen LogP contribution >= 0.6 is 0 Å². The number of nitrogens with zero attached hydrogens (tertiary/aromatic N) is 1. The molecule has 0 aromatic heterocycles. The number of rotatable bonds is 5. The van der Waals surface area contributed by atoms with Gasteiger partial charge in [-0.3, -0.25) is 4.90 Å². The summed E-state index contributed by atoms with van der Waals surface area (Å²) in [5.41, 5.74) is 6.59. The molecule has 20 heavy (non-hydrogen) atoms. The van der Waals surface area contributed by atoms with Gasteiger partial charge in [-0.05, 0) is 12.1 Å². The molecule has 0 radical (unpaired) electrons. The summed E-state index contributed by atoms with van der Waals surface area (Å²) in [5, 5.41) is 0. The summed E-state index contributed by atoms with van der Waals surface area (Å²) in [7, 11) is 1.50. The quantitative estimate of drug-likeness (QED) is 0.634. The van der Waals surface area contributed by atoms with E-state index in [1.54, 1.807) is 18.2 Å². The van der Waals surface area contributed by atoms with Crippen molar-refractivity contribution in [1.82, 2.24) is 4.90 Å². The molecule has 6 heteroatoms. The normalized spacial score (nSPS) is 15.8. The Kier molecular flexibility index (Phi) is 5.20. The van der Waals surface area contributed by atoms with Crippen molar-refractivity contribution in [3.8, 4) is 5.75 Å². The summed E-state index contributed by atoms with van der Waals surface area (Å²) in [5.74, 6) is 0.0384. The van der Waals surface area contributed by atoms with Crippen LogP contribution in [0.3, 0.4) is 0 Å². The summed E-state index contributed by atoms with van der Waals surface area (Å²) in [6.45, 7) is 4.30. The third-order valence-corrected chi connectivity index (χ3v) is 3.19. The van der Waals surface area contributed by atoms with Gasteiger partial charge in [0.2, 0.25) is 0 Å². The lowest BCUT2D eigenvalue weighted by atomic mass is 10.2. The Morgan fingerprint density at radius 1 is 1.40 bits per heavy atom. The molecule has 1 aromatic rings. The SMILES string of the molecule is COc1cc(N)ccc1C(=O)OCCN1CCOCC1. The van der Waals surface area contributed by atoms with Crippen LogP contribution in [0.25, 0.3) is 0 Å². The van der Waals surface area contributed by atoms with Crippen molar-refractivity contribution in [2.45, 2.75) is 0 Å². The molecule has 1 fully saturated rings. The first-order chi connectivity index (χ1) is 9.70. The van der Waals surface area contributed by atoms with Gasteiger partial charge in [0.25, 0.3) is 0 Å². The lowest BCUT2D eigenvalue weighted by molar-refractivity contribution is 0.0194. The molecule has 2 rings (SSSR count). The van der Waals surface area contributed by atoms with E-state index in [1.807, 2.05) is 0 Å². The summed E-state index contributed by atoms with van der Waals surface area (Å²) in [4.78, 5) is 14.2. The van der Waals surface area contributed by atoms with Crippen LogP contribution < -0.4 is 10.5 Å². The van der Waals surface area contributed by atoms with Crippen LogP contribution in [0.5, 0.6) is 5.75 Å². The van der Waals surface area contributed by atoms with Crippen molar-refractivity contribution in [2.24, 2.45) is 0 Å². The minimum Gasteiger partial charge on any atom is -0.496 e. The van der Waals surface area contributed by atoms with E-state index in [9.17, 15) is 4.79 Å². The van der Waals surface area contributed by atoms with Crippen molar-refractivity contribution >= 4 is 11.7 Å². The molecular formula is C14H20N2O4. The number of ether oxygens (including phenoxy) is 3. The smallest absolute Gasteiger partial charge is 0.341 e. The molecule has 1 aromatic carbocycles. The Morgan fingerprint density at radius 3 is 2.85 bits per heavy atom. The Hall–Kier alpha value is -1.79. The van der Waals surface area contributed by atoms with Crippen LogP contribution in [0.4, 0.5) is 5.69 Å². The van der Waals surface area contributed by atoms with Gasteiger partial charge in [0.15, 0.2) is 0 Å². The molecule has 0 spiro atoms. The second-order valence-electron chi connectivity index (χ2n) is 4.55. The molecule has 2 N–H and O–H groups in total. The van der Waals surface area contributed by atoms with Gasteiger partial charge in [0.1, 0.15) is 17.9 Å². The summed E-state index contributed by atoms with van der Waals surface area (Å²) in [6, 6.07) is 4.88.